The Morgan fingerprint density at radius 2 is 2.40 bits per heavy atom. The van der Waals surface area contributed by atoms with Crippen molar-refractivity contribution in [3.63, 3.8) is 0 Å². The minimum Gasteiger partial charge on any atom is -0.374 e. The maximum atomic E-state index is 5.81. The Morgan fingerprint density at radius 3 is 2.93 bits per heavy atom. The molecular weight excluding hydrogens is 190 g/mol. The molecular formula is C11H19N3O. The highest BCUT2D eigenvalue weighted by atomic mass is 16.5. The Hall–Kier alpha value is -0.840. The molecule has 1 fully saturated rings. The monoisotopic (exact) mass is 209 g/mol. The molecule has 15 heavy (non-hydrogen) atoms. The van der Waals surface area contributed by atoms with Crippen molar-refractivity contribution in [1.82, 2.24) is 15.2 Å². The molecule has 4 heteroatoms. The lowest BCUT2D eigenvalue weighted by Crippen LogP contribution is -2.45. The van der Waals surface area contributed by atoms with E-state index in [9.17, 15) is 0 Å². The van der Waals surface area contributed by atoms with Crippen LogP contribution in [0, 0.1) is 0 Å². The molecule has 84 valence electrons. The van der Waals surface area contributed by atoms with Crippen LogP contribution >= 0.6 is 0 Å². The van der Waals surface area contributed by atoms with E-state index in [2.05, 4.69) is 35.4 Å². The molecule has 0 amide bonds. The van der Waals surface area contributed by atoms with Crippen LogP contribution in [0.5, 0.6) is 0 Å². The van der Waals surface area contributed by atoms with Gasteiger partial charge in [0.2, 0.25) is 0 Å². The van der Waals surface area contributed by atoms with Crippen LogP contribution < -0.4 is 5.32 Å². The lowest BCUT2D eigenvalue weighted by molar-refractivity contribution is -0.0211. The molecule has 0 aromatic carbocycles. The summed E-state index contributed by atoms with van der Waals surface area (Å²) in [6, 6.07) is 2.44. The Labute approximate surface area is 90.6 Å². The number of aromatic amines is 1. The Kier molecular flexibility index (Phi) is 3.41. The van der Waals surface area contributed by atoms with Crippen LogP contribution in [0.3, 0.4) is 0 Å². The summed E-state index contributed by atoms with van der Waals surface area (Å²) in [5, 5.41) is 3.37. The van der Waals surface area contributed by atoms with E-state index >= 15 is 0 Å². The topological polar surface area (TPSA) is 40.3 Å². The summed E-state index contributed by atoms with van der Waals surface area (Å²) in [7, 11) is 4.19. The first-order valence-corrected chi connectivity index (χ1v) is 5.40. The number of rotatable bonds is 3. The Bertz CT molecular complexity index is 278. The van der Waals surface area contributed by atoms with E-state index in [1.54, 1.807) is 0 Å². The molecule has 0 aliphatic carbocycles. The van der Waals surface area contributed by atoms with Crippen LogP contribution in [0.15, 0.2) is 18.5 Å². The highest BCUT2D eigenvalue weighted by Crippen LogP contribution is 2.24. The minimum atomic E-state index is 0.240. The first-order chi connectivity index (χ1) is 7.29. The van der Waals surface area contributed by atoms with Gasteiger partial charge in [0.15, 0.2) is 0 Å². The molecule has 1 saturated heterocycles. The molecule has 0 saturated carbocycles. The highest BCUT2D eigenvalue weighted by Gasteiger charge is 2.27. The summed E-state index contributed by atoms with van der Waals surface area (Å²) < 4.78 is 5.81. The number of morpholine rings is 1. The number of likely N-dealkylation sites (N-methyl/N-ethyl adjacent to an activating group) is 1. The van der Waals surface area contributed by atoms with Crippen molar-refractivity contribution in [2.75, 3.05) is 33.8 Å². The summed E-state index contributed by atoms with van der Waals surface area (Å²) >= 11 is 0. The van der Waals surface area contributed by atoms with Gasteiger partial charge in [-0.1, -0.05) is 0 Å². The first-order valence-electron chi connectivity index (χ1n) is 5.40. The fraction of sp³-hybridized carbons (Fsp3) is 0.636. The average molecular weight is 209 g/mol. The number of hydrogen-bond acceptors (Lipinski definition) is 3. The number of nitrogens with one attached hydrogen (secondary N) is 2. The van der Waals surface area contributed by atoms with Crippen molar-refractivity contribution in [3.05, 3.63) is 24.0 Å². The second-order valence-corrected chi connectivity index (χ2v) is 4.17. The molecule has 2 rings (SSSR count). The van der Waals surface area contributed by atoms with E-state index in [0.29, 0.717) is 6.04 Å². The minimum absolute atomic E-state index is 0.240. The third kappa shape index (κ3) is 2.40. The number of H-pyrrole nitrogens is 1. The predicted octanol–water partition coefficient (Wildman–Crippen LogP) is 0.606. The van der Waals surface area contributed by atoms with Crippen LogP contribution in [-0.2, 0) is 4.74 Å². The summed E-state index contributed by atoms with van der Waals surface area (Å²) in [5.41, 5.74) is 1.29. The molecule has 0 spiro atoms. The molecule has 1 aromatic heterocycles. The van der Waals surface area contributed by atoms with Crippen molar-refractivity contribution < 1.29 is 4.74 Å². The first kappa shape index (κ1) is 10.7. The van der Waals surface area contributed by atoms with Crippen molar-refractivity contribution in [1.29, 1.82) is 0 Å². The van der Waals surface area contributed by atoms with Gasteiger partial charge in [0.05, 0.1) is 18.8 Å². The largest absolute Gasteiger partial charge is 0.374 e. The van der Waals surface area contributed by atoms with Gasteiger partial charge >= 0.3 is 0 Å². The molecule has 0 bridgehead atoms. The van der Waals surface area contributed by atoms with Crippen molar-refractivity contribution in [2.45, 2.75) is 12.1 Å². The maximum absolute atomic E-state index is 5.81. The molecule has 2 unspecified atom stereocenters. The van der Waals surface area contributed by atoms with Gasteiger partial charge in [0, 0.05) is 25.5 Å². The molecule has 1 aliphatic rings. The van der Waals surface area contributed by atoms with Gasteiger partial charge in [-0.3, -0.25) is 4.90 Å². The number of aromatic nitrogens is 1. The van der Waals surface area contributed by atoms with Crippen LogP contribution in [0.2, 0.25) is 0 Å². The van der Waals surface area contributed by atoms with E-state index < -0.39 is 0 Å². The molecule has 1 aromatic rings. The van der Waals surface area contributed by atoms with Crippen molar-refractivity contribution in [2.24, 2.45) is 0 Å². The molecule has 2 heterocycles. The second kappa shape index (κ2) is 4.79. The normalized spacial score (nSPS) is 24.3. The summed E-state index contributed by atoms with van der Waals surface area (Å²) in [6.45, 7) is 2.69. The SMILES string of the molecule is CN(C)C(c1cc[nH]c1)C1CNCCO1. The molecule has 0 radical (unpaired) electrons. The van der Waals surface area contributed by atoms with E-state index in [0.717, 1.165) is 19.7 Å². The zero-order valence-corrected chi connectivity index (χ0v) is 9.36. The van der Waals surface area contributed by atoms with Crippen molar-refractivity contribution in [3.8, 4) is 0 Å². The maximum Gasteiger partial charge on any atom is 0.0896 e. The van der Waals surface area contributed by atoms with Gasteiger partial charge in [0.1, 0.15) is 0 Å². The molecule has 4 nitrogen and oxygen atoms in total. The fourth-order valence-corrected chi connectivity index (χ4v) is 2.15. The van der Waals surface area contributed by atoms with E-state index in [1.807, 2.05) is 12.4 Å². The molecule has 2 N–H and O–H groups in total. The Balaban J connectivity index is 2.12. The Morgan fingerprint density at radius 1 is 1.53 bits per heavy atom. The van der Waals surface area contributed by atoms with Gasteiger partial charge < -0.3 is 15.0 Å². The van der Waals surface area contributed by atoms with Gasteiger partial charge in [-0.15, -0.1) is 0 Å². The predicted molar refractivity (Wildman–Crippen MR) is 59.8 cm³/mol. The van der Waals surface area contributed by atoms with Gasteiger partial charge in [-0.2, -0.15) is 0 Å². The summed E-state index contributed by atoms with van der Waals surface area (Å²) in [5.74, 6) is 0. The van der Waals surface area contributed by atoms with Crippen molar-refractivity contribution >= 4 is 0 Å². The smallest absolute Gasteiger partial charge is 0.0896 e. The van der Waals surface area contributed by atoms with Gasteiger partial charge in [-0.25, -0.2) is 0 Å². The number of hydrogen-bond donors (Lipinski definition) is 2. The van der Waals surface area contributed by atoms with Crippen LogP contribution in [0.1, 0.15) is 11.6 Å². The average Bonchev–Trinajstić information content (AvgIpc) is 2.72. The lowest BCUT2D eigenvalue weighted by atomic mass is 10.0. The number of ether oxygens (including phenoxy) is 1. The quantitative estimate of drug-likeness (QED) is 0.766. The third-order valence-corrected chi connectivity index (χ3v) is 2.83. The second-order valence-electron chi connectivity index (χ2n) is 4.17. The van der Waals surface area contributed by atoms with Crippen LogP contribution in [0.4, 0.5) is 0 Å². The van der Waals surface area contributed by atoms with E-state index in [4.69, 9.17) is 4.74 Å². The molecule has 1 aliphatic heterocycles. The zero-order chi connectivity index (χ0) is 10.7. The number of nitrogens with zero attached hydrogens (tertiary/aromatic N) is 1. The standard InChI is InChI=1S/C11H19N3O/c1-14(2)11(9-3-4-12-7-9)10-8-13-5-6-15-10/h3-4,7,10-13H,5-6,8H2,1-2H3. The third-order valence-electron chi connectivity index (χ3n) is 2.83. The summed E-state index contributed by atoms with van der Waals surface area (Å²) in [4.78, 5) is 5.31. The lowest BCUT2D eigenvalue weighted by Gasteiger charge is -2.34. The van der Waals surface area contributed by atoms with Crippen LogP contribution in [0.25, 0.3) is 0 Å². The summed E-state index contributed by atoms with van der Waals surface area (Å²) in [6.07, 6.45) is 4.25. The van der Waals surface area contributed by atoms with E-state index in [-0.39, 0.29) is 6.10 Å². The molecule has 2 atom stereocenters. The van der Waals surface area contributed by atoms with E-state index in [1.165, 1.54) is 5.56 Å². The highest BCUT2D eigenvalue weighted by molar-refractivity contribution is 5.16. The zero-order valence-electron chi connectivity index (χ0n) is 9.36. The van der Waals surface area contributed by atoms with Gasteiger partial charge in [0.25, 0.3) is 0 Å². The van der Waals surface area contributed by atoms with Gasteiger partial charge in [-0.05, 0) is 25.7 Å². The van der Waals surface area contributed by atoms with Crippen LogP contribution in [-0.4, -0.2) is 49.8 Å². The fourth-order valence-electron chi connectivity index (χ4n) is 2.15.